The average Bonchev–Trinajstić information content (AvgIpc) is 2.28. The normalized spacial score (nSPS) is 19.6. The van der Waals surface area contributed by atoms with Crippen LogP contribution in [0.2, 0.25) is 0 Å². The summed E-state index contributed by atoms with van der Waals surface area (Å²) in [4.78, 5) is 2.53. The smallest absolute Gasteiger partial charge is 0.0448 e. The maximum Gasteiger partial charge on any atom is 0.0448 e. The molecule has 3 N–H and O–H groups in total. The van der Waals surface area contributed by atoms with E-state index in [-0.39, 0.29) is 17.7 Å². The number of hydrogen-bond acceptors (Lipinski definition) is 4. The highest BCUT2D eigenvalue weighted by molar-refractivity contribution is 4.89. The van der Waals surface area contributed by atoms with E-state index in [9.17, 15) is 0 Å². The largest absolute Gasteiger partial charge is 0.396 e. The summed E-state index contributed by atoms with van der Waals surface area (Å²) < 4.78 is 0. The number of rotatable bonds is 6. The van der Waals surface area contributed by atoms with Crippen molar-refractivity contribution in [2.45, 2.75) is 45.2 Å². The van der Waals surface area contributed by atoms with Crippen molar-refractivity contribution in [3.8, 4) is 0 Å². The SMILES string of the molecule is CC(C)(CCO)NCC(C)(C)N1CCNCC1. The zero-order valence-electron chi connectivity index (χ0n) is 11.8. The van der Waals surface area contributed by atoms with Gasteiger partial charge in [0.05, 0.1) is 0 Å². The number of piperazine rings is 1. The molecule has 1 heterocycles. The lowest BCUT2D eigenvalue weighted by atomic mass is 9.96. The average molecular weight is 243 g/mol. The second-order valence-corrected chi connectivity index (χ2v) is 6.26. The zero-order chi connectivity index (χ0) is 12.9. The molecule has 0 spiro atoms. The Morgan fingerprint density at radius 3 is 2.29 bits per heavy atom. The summed E-state index contributed by atoms with van der Waals surface area (Å²) in [5.41, 5.74) is 0.189. The lowest BCUT2D eigenvalue weighted by molar-refractivity contribution is 0.0918. The molecule has 0 unspecified atom stereocenters. The molecule has 0 bridgehead atoms. The molecule has 0 aliphatic carbocycles. The van der Waals surface area contributed by atoms with Crippen molar-refractivity contribution >= 4 is 0 Å². The summed E-state index contributed by atoms with van der Waals surface area (Å²) in [6, 6.07) is 0. The summed E-state index contributed by atoms with van der Waals surface area (Å²) in [7, 11) is 0. The topological polar surface area (TPSA) is 47.5 Å². The molecule has 1 fully saturated rings. The maximum atomic E-state index is 9.02. The van der Waals surface area contributed by atoms with Gasteiger partial charge in [0.15, 0.2) is 0 Å². The summed E-state index contributed by atoms with van der Waals surface area (Å²) in [5, 5.41) is 16.0. The van der Waals surface area contributed by atoms with Crippen LogP contribution in [0.1, 0.15) is 34.1 Å². The van der Waals surface area contributed by atoms with E-state index in [1.165, 1.54) is 0 Å². The monoisotopic (exact) mass is 243 g/mol. The molecule has 17 heavy (non-hydrogen) atoms. The summed E-state index contributed by atoms with van der Waals surface area (Å²) >= 11 is 0. The minimum absolute atomic E-state index is 0.0139. The van der Waals surface area contributed by atoms with E-state index < -0.39 is 0 Å². The molecule has 102 valence electrons. The van der Waals surface area contributed by atoms with Gasteiger partial charge in [-0.15, -0.1) is 0 Å². The van der Waals surface area contributed by atoms with Gasteiger partial charge in [0.1, 0.15) is 0 Å². The predicted octanol–water partition coefficient (Wildman–Crippen LogP) is 0.421. The Morgan fingerprint density at radius 2 is 1.76 bits per heavy atom. The predicted molar refractivity (Wildman–Crippen MR) is 72.3 cm³/mol. The van der Waals surface area contributed by atoms with Gasteiger partial charge in [0.25, 0.3) is 0 Å². The van der Waals surface area contributed by atoms with E-state index in [2.05, 4.69) is 43.2 Å². The number of nitrogens with zero attached hydrogens (tertiary/aromatic N) is 1. The van der Waals surface area contributed by atoms with Crippen LogP contribution < -0.4 is 10.6 Å². The Morgan fingerprint density at radius 1 is 1.18 bits per heavy atom. The first-order chi connectivity index (χ1) is 7.87. The van der Waals surface area contributed by atoms with E-state index in [4.69, 9.17) is 5.11 Å². The van der Waals surface area contributed by atoms with Crippen molar-refractivity contribution in [2.24, 2.45) is 0 Å². The standard InChI is InChI=1S/C13H29N3O/c1-12(2,5-10-17)15-11-13(3,4)16-8-6-14-7-9-16/h14-15,17H,5-11H2,1-4H3. The van der Waals surface area contributed by atoms with Crippen molar-refractivity contribution in [1.29, 1.82) is 0 Å². The summed E-state index contributed by atoms with van der Waals surface area (Å²) in [5.74, 6) is 0. The van der Waals surface area contributed by atoms with Crippen LogP contribution in [0, 0.1) is 0 Å². The minimum Gasteiger partial charge on any atom is -0.396 e. The van der Waals surface area contributed by atoms with Crippen LogP contribution in [0.4, 0.5) is 0 Å². The quantitative estimate of drug-likeness (QED) is 0.633. The number of nitrogens with one attached hydrogen (secondary N) is 2. The van der Waals surface area contributed by atoms with Crippen molar-refractivity contribution in [2.75, 3.05) is 39.3 Å². The van der Waals surface area contributed by atoms with Crippen LogP contribution in [0.5, 0.6) is 0 Å². The van der Waals surface area contributed by atoms with Crippen LogP contribution in [0.3, 0.4) is 0 Å². The highest BCUT2D eigenvalue weighted by Crippen LogP contribution is 2.16. The summed E-state index contributed by atoms with van der Waals surface area (Å²) in [6.07, 6.45) is 0.796. The lowest BCUT2D eigenvalue weighted by Crippen LogP contribution is -2.59. The van der Waals surface area contributed by atoms with Gasteiger partial charge in [-0.1, -0.05) is 0 Å². The molecule has 4 nitrogen and oxygen atoms in total. The van der Waals surface area contributed by atoms with Gasteiger partial charge in [0.2, 0.25) is 0 Å². The molecule has 1 aliphatic rings. The minimum atomic E-state index is 0.0139. The van der Waals surface area contributed by atoms with E-state index in [1.807, 2.05) is 0 Å². The molecule has 0 radical (unpaired) electrons. The molecular weight excluding hydrogens is 214 g/mol. The van der Waals surface area contributed by atoms with E-state index >= 15 is 0 Å². The van der Waals surface area contributed by atoms with Crippen LogP contribution in [-0.4, -0.2) is 60.4 Å². The fraction of sp³-hybridized carbons (Fsp3) is 1.00. The van der Waals surface area contributed by atoms with Gasteiger partial charge >= 0.3 is 0 Å². The third-order valence-corrected chi connectivity index (χ3v) is 3.71. The first-order valence-corrected chi connectivity index (χ1v) is 6.69. The summed E-state index contributed by atoms with van der Waals surface area (Å²) in [6.45, 7) is 14.5. The molecule has 0 saturated carbocycles. The second kappa shape index (κ2) is 6.14. The van der Waals surface area contributed by atoms with Crippen LogP contribution >= 0.6 is 0 Å². The van der Waals surface area contributed by atoms with Gasteiger partial charge in [-0.05, 0) is 34.1 Å². The molecule has 0 aromatic heterocycles. The number of hydrogen-bond donors (Lipinski definition) is 3. The fourth-order valence-electron chi connectivity index (χ4n) is 2.21. The van der Waals surface area contributed by atoms with Gasteiger partial charge in [-0.25, -0.2) is 0 Å². The van der Waals surface area contributed by atoms with Gasteiger partial charge in [-0.3, -0.25) is 4.90 Å². The van der Waals surface area contributed by atoms with E-state index in [1.54, 1.807) is 0 Å². The Bertz CT molecular complexity index is 223. The molecule has 0 aromatic carbocycles. The number of aliphatic hydroxyl groups is 1. The molecule has 1 rings (SSSR count). The fourth-order valence-corrected chi connectivity index (χ4v) is 2.21. The van der Waals surface area contributed by atoms with Crippen molar-refractivity contribution in [3.05, 3.63) is 0 Å². The third-order valence-electron chi connectivity index (χ3n) is 3.71. The van der Waals surface area contributed by atoms with Crippen molar-refractivity contribution < 1.29 is 5.11 Å². The molecule has 4 heteroatoms. The molecule has 1 aliphatic heterocycles. The number of aliphatic hydroxyl groups excluding tert-OH is 1. The van der Waals surface area contributed by atoms with E-state index in [0.717, 1.165) is 39.1 Å². The lowest BCUT2D eigenvalue weighted by Gasteiger charge is -2.43. The van der Waals surface area contributed by atoms with E-state index in [0.29, 0.717) is 0 Å². The molecule has 0 atom stereocenters. The Hall–Kier alpha value is -0.160. The third kappa shape index (κ3) is 4.92. The van der Waals surface area contributed by atoms with Crippen LogP contribution in [-0.2, 0) is 0 Å². The maximum absolute atomic E-state index is 9.02. The van der Waals surface area contributed by atoms with Crippen molar-refractivity contribution in [3.63, 3.8) is 0 Å². The second-order valence-electron chi connectivity index (χ2n) is 6.26. The van der Waals surface area contributed by atoms with Crippen LogP contribution in [0.25, 0.3) is 0 Å². The molecule has 0 amide bonds. The molecule has 1 saturated heterocycles. The van der Waals surface area contributed by atoms with Gasteiger partial charge < -0.3 is 15.7 Å². The van der Waals surface area contributed by atoms with Gasteiger partial charge in [0, 0.05) is 50.4 Å². The Labute approximate surface area is 106 Å². The first kappa shape index (κ1) is 14.9. The Balaban J connectivity index is 2.42. The zero-order valence-corrected chi connectivity index (χ0v) is 11.8. The Kier molecular flexibility index (Phi) is 5.38. The first-order valence-electron chi connectivity index (χ1n) is 6.69. The molecular formula is C13H29N3O. The molecule has 0 aromatic rings. The van der Waals surface area contributed by atoms with Crippen LogP contribution in [0.15, 0.2) is 0 Å². The highest BCUT2D eigenvalue weighted by Gasteiger charge is 2.29. The van der Waals surface area contributed by atoms with Gasteiger partial charge in [-0.2, -0.15) is 0 Å². The highest BCUT2D eigenvalue weighted by atomic mass is 16.3. The van der Waals surface area contributed by atoms with Crippen molar-refractivity contribution in [1.82, 2.24) is 15.5 Å².